The number of nitrogens with two attached hydrogens (primary N) is 1. The van der Waals surface area contributed by atoms with Crippen LogP contribution >= 0.6 is 15.9 Å². The standard InChI is InChI=1S/C27H23BrF2N4O2/c1-16-26(35)33(13-12-17-2-11-24(31)23(30)14-17)27(36-16)22-15-34(21-9-5-19(28)6-10-21)32-25(22)18-3-7-20(29)8-4-18/h2-11,14-16,27H,12-13,31H2,1H3/t16-,27-/m1/s1. The predicted molar refractivity (Wildman–Crippen MR) is 136 cm³/mol. The maximum absolute atomic E-state index is 13.9. The number of carbonyl (C=O) groups excluding carboxylic acids is 1. The summed E-state index contributed by atoms with van der Waals surface area (Å²) < 4.78 is 36.3. The summed E-state index contributed by atoms with van der Waals surface area (Å²) in [4.78, 5) is 14.7. The van der Waals surface area contributed by atoms with E-state index in [0.29, 0.717) is 29.8 Å². The number of halogens is 3. The molecule has 1 amide bonds. The van der Waals surface area contributed by atoms with Gasteiger partial charge in [-0.25, -0.2) is 13.5 Å². The first kappa shape index (κ1) is 24.1. The third-order valence-electron chi connectivity index (χ3n) is 6.17. The molecule has 4 aromatic rings. The lowest BCUT2D eigenvalue weighted by Crippen LogP contribution is -2.32. The van der Waals surface area contributed by atoms with Crippen LogP contribution in [-0.2, 0) is 16.0 Å². The Hall–Kier alpha value is -3.56. The number of aromatic nitrogens is 2. The van der Waals surface area contributed by atoms with E-state index in [1.54, 1.807) is 34.7 Å². The van der Waals surface area contributed by atoms with Crippen molar-refractivity contribution in [3.05, 3.63) is 100 Å². The molecule has 5 rings (SSSR count). The maximum Gasteiger partial charge on any atom is 0.253 e. The first-order chi connectivity index (χ1) is 17.3. The molecule has 0 saturated carbocycles. The molecule has 2 atom stereocenters. The fraction of sp³-hybridized carbons (Fsp3) is 0.185. The van der Waals surface area contributed by atoms with E-state index in [0.717, 1.165) is 15.7 Å². The highest BCUT2D eigenvalue weighted by Crippen LogP contribution is 2.37. The molecule has 0 aliphatic carbocycles. The average Bonchev–Trinajstić information content (AvgIpc) is 3.42. The summed E-state index contributed by atoms with van der Waals surface area (Å²) in [7, 11) is 0. The van der Waals surface area contributed by atoms with Crippen molar-refractivity contribution in [2.75, 3.05) is 12.3 Å². The number of hydrogen-bond donors (Lipinski definition) is 1. The van der Waals surface area contributed by atoms with Crippen LogP contribution in [0.4, 0.5) is 14.5 Å². The van der Waals surface area contributed by atoms with Crippen LogP contribution in [0, 0.1) is 11.6 Å². The molecule has 6 nitrogen and oxygen atoms in total. The third-order valence-corrected chi connectivity index (χ3v) is 6.70. The largest absolute Gasteiger partial charge is 0.396 e. The molecule has 3 aromatic carbocycles. The van der Waals surface area contributed by atoms with Gasteiger partial charge in [0.2, 0.25) is 0 Å². The monoisotopic (exact) mass is 552 g/mol. The molecule has 1 saturated heterocycles. The number of carbonyl (C=O) groups is 1. The molecular formula is C27H23BrF2N4O2. The molecule has 2 heterocycles. The molecule has 36 heavy (non-hydrogen) atoms. The zero-order valence-corrected chi connectivity index (χ0v) is 21.0. The molecule has 1 aromatic heterocycles. The van der Waals surface area contributed by atoms with Crippen LogP contribution < -0.4 is 5.73 Å². The molecule has 0 bridgehead atoms. The summed E-state index contributed by atoms with van der Waals surface area (Å²) in [5, 5.41) is 4.78. The van der Waals surface area contributed by atoms with Gasteiger partial charge in [-0.2, -0.15) is 5.10 Å². The van der Waals surface area contributed by atoms with Crippen LogP contribution in [0.5, 0.6) is 0 Å². The minimum absolute atomic E-state index is 0.0788. The minimum Gasteiger partial charge on any atom is -0.396 e. The third kappa shape index (κ3) is 4.76. The Kier molecular flexibility index (Phi) is 6.59. The lowest BCUT2D eigenvalue weighted by atomic mass is 10.1. The van der Waals surface area contributed by atoms with Crippen molar-refractivity contribution < 1.29 is 18.3 Å². The molecule has 0 spiro atoms. The molecule has 1 aliphatic heterocycles. The molecule has 184 valence electrons. The topological polar surface area (TPSA) is 73.4 Å². The normalized spacial score (nSPS) is 17.7. The fourth-order valence-electron chi connectivity index (χ4n) is 4.24. The van der Waals surface area contributed by atoms with E-state index >= 15 is 0 Å². The van der Waals surface area contributed by atoms with Crippen molar-refractivity contribution in [3.63, 3.8) is 0 Å². The Labute approximate surface area is 215 Å². The average molecular weight is 553 g/mol. The van der Waals surface area contributed by atoms with Gasteiger partial charge in [0.05, 0.1) is 11.4 Å². The van der Waals surface area contributed by atoms with Gasteiger partial charge in [-0.15, -0.1) is 0 Å². The molecule has 1 fully saturated rings. The van der Waals surface area contributed by atoms with Crippen LogP contribution in [-0.4, -0.2) is 33.2 Å². The van der Waals surface area contributed by atoms with Crippen molar-refractivity contribution in [2.45, 2.75) is 25.7 Å². The second-order valence-electron chi connectivity index (χ2n) is 8.63. The summed E-state index contributed by atoms with van der Waals surface area (Å²) in [6.07, 6.45) is 0.876. The van der Waals surface area contributed by atoms with Crippen molar-refractivity contribution >= 4 is 27.5 Å². The van der Waals surface area contributed by atoms with Gasteiger partial charge >= 0.3 is 0 Å². The van der Waals surface area contributed by atoms with Gasteiger partial charge in [0.1, 0.15) is 23.4 Å². The molecule has 9 heteroatoms. The van der Waals surface area contributed by atoms with E-state index in [1.807, 2.05) is 30.5 Å². The molecule has 0 radical (unpaired) electrons. The van der Waals surface area contributed by atoms with E-state index in [4.69, 9.17) is 15.6 Å². The quantitative estimate of drug-likeness (QED) is 0.313. The highest BCUT2D eigenvalue weighted by molar-refractivity contribution is 9.10. The summed E-state index contributed by atoms with van der Waals surface area (Å²) in [6, 6.07) is 18.3. The zero-order valence-electron chi connectivity index (χ0n) is 19.4. The van der Waals surface area contributed by atoms with E-state index < -0.39 is 18.1 Å². The zero-order chi connectivity index (χ0) is 25.4. The molecule has 2 N–H and O–H groups in total. The molecular weight excluding hydrogens is 530 g/mol. The van der Waals surface area contributed by atoms with Crippen molar-refractivity contribution in [2.24, 2.45) is 0 Å². The Balaban J connectivity index is 1.53. The maximum atomic E-state index is 13.9. The van der Waals surface area contributed by atoms with E-state index in [9.17, 15) is 13.6 Å². The van der Waals surface area contributed by atoms with Gasteiger partial charge in [-0.1, -0.05) is 22.0 Å². The summed E-state index contributed by atoms with van der Waals surface area (Å²) >= 11 is 3.44. The highest BCUT2D eigenvalue weighted by atomic mass is 79.9. The van der Waals surface area contributed by atoms with Crippen molar-refractivity contribution in [1.29, 1.82) is 0 Å². The number of ether oxygens (including phenoxy) is 1. The number of benzene rings is 3. The first-order valence-corrected chi connectivity index (χ1v) is 12.2. The van der Waals surface area contributed by atoms with Gasteiger partial charge in [0.25, 0.3) is 5.91 Å². The van der Waals surface area contributed by atoms with Gasteiger partial charge in [0, 0.05) is 28.3 Å². The van der Waals surface area contributed by atoms with E-state index in [-0.39, 0.29) is 17.4 Å². The van der Waals surface area contributed by atoms with Crippen LogP contribution in [0.2, 0.25) is 0 Å². The van der Waals surface area contributed by atoms with E-state index in [2.05, 4.69) is 15.9 Å². The van der Waals surface area contributed by atoms with Gasteiger partial charge < -0.3 is 15.4 Å². The minimum atomic E-state index is -0.713. The molecule has 1 aliphatic rings. The second kappa shape index (κ2) is 9.83. The first-order valence-electron chi connectivity index (χ1n) is 11.4. The second-order valence-corrected chi connectivity index (χ2v) is 9.54. The number of nitrogens with zero attached hydrogens (tertiary/aromatic N) is 3. The Morgan fingerprint density at radius 3 is 2.47 bits per heavy atom. The Morgan fingerprint density at radius 2 is 1.78 bits per heavy atom. The number of amides is 1. The number of rotatable bonds is 6. The highest BCUT2D eigenvalue weighted by Gasteiger charge is 2.40. The summed E-state index contributed by atoms with van der Waals surface area (Å²) in [5.41, 5.74) is 9.14. The SMILES string of the molecule is C[C@H]1O[C@H](c2cn(-c3ccc(Br)cc3)nc2-c2ccc(F)cc2)N(CCc2ccc(N)c(F)c2)C1=O. The lowest BCUT2D eigenvalue weighted by molar-refractivity contribution is -0.130. The van der Waals surface area contributed by atoms with E-state index in [1.165, 1.54) is 24.3 Å². The van der Waals surface area contributed by atoms with Crippen molar-refractivity contribution in [3.8, 4) is 16.9 Å². The molecule has 0 unspecified atom stereocenters. The number of hydrogen-bond acceptors (Lipinski definition) is 4. The van der Waals surface area contributed by atoms with Crippen LogP contribution in [0.15, 0.2) is 77.4 Å². The number of nitrogen functional groups attached to an aromatic ring is 1. The summed E-state index contributed by atoms with van der Waals surface area (Å²) in [6.45, 7) is 2.01. The van der Waals surface area contributed by atoms with Crippen LogP contribution in [0.1, 0.15) is 24.3 Å². The smallest absolute Gasteiger partial charge is 0.253 e. The Bertz CT molecular complexity index is 1410. The Morgan fingerprint density at radius 1 is 1.06 bits per heavy atom. The van der Waals surface area contributed by atoms with Crippen LogP contribution in [0.25, 0.3) is 16.9 Å². The van der Waals surface area contributed by atoms with Gasteiger partial charge in [0.15, 0.2) is 6.23 Å². The van der Waals surface area contributed by atoms with Crippen LogP contribution in [0.3, 0.4) is 0 Å². The fourth-order valence-corrected chi connectivity index (χ4v) is 4.51. The summed E-state index contributed by atoms with van der Waals surface area (Å²) in [5.74, 6) is -1.01. The lowest BCUT2D eigenvalue weighted by Gasteiger charge is -2.23. The van der Waals surface area contributed by atoms with Gasteiger partial charge in [-0.3, -0.25) is 4.79 Å². The predicted octanol–water partition coefficient (Wildman–Crippen LogP) is 5.65. The van der Waals surface area contributed by atoms with Gasteiger partial charge in [-0.05, 0) is 79.6 Å². The number of anilines is 1. The van der Waals surface area contributed by atoms with Crippen molar-refractivity contribution in [1.82, 2.24) is 14.7 Å².